The van der Waals surface area contributed by atoms with Crippen molar-refractivity contribution in [1.29, 1.82) is 0 Å². The normalized spacial score (nSPS) is 11.4. The van der Waals surface area contributed by atoms with Crippen LogP contribution in [-0.2, 0) is 0 Å². The van der Waals surface area contributed by atoms with E-state index in [0.29, 0.717) is 5.58 Å². The molecule has 0 saturated carbocycles. The van der Waals surface area contributed by atoms with Crippen LogP contribution in [0, 0.1) is 0 Å². The SMILES string of the molecule is F[B-](F)(F)c1ccc2ocnc2c1.[K+]. The average Bonchev–Trinajstić information content (AvgIpc) is 2.47. The minimum Gasteiger partial charge on any atom is -0.445 e. The van der Waals surface area contributed by atoms with Crippen molar-refractivity contribution < 1.29 is 68.7 Å². The first-order chi connectivity index (χ1) is 6.07. The summed E-state index contributed by atoms with van der Waals surface area (Å²) in [5.41, 5.74) is -0.0538. The molecule has 0 saturated heterocycles. The van der Waals surface area contributed by atoms with E-state index in [1.54, 1.807) is 0 Å². The molecule has 0 radical (unpaired) electrons. The van der Waals surface area contributed by atoms with Gasteiger partial charge >= 0.3 is 58.4 Å². The number of rotatable bonds is 1. The van der Waals surface area contributed by atoms with Gasteiger partial charge in [-0.05, 0) is 6.07 Å². The Labute approximate surface area is 120 Å². The van der Waals surface area contributed by atoms with Gasteiger partial charge in [-0.25, -0.2) is 4.98 Å². The zero-order valence-electron chi connectivity index (χ0n) is 7.38. The fourth-order valence-electron chi connectivity index (χ4n) is 1.08. The molecule has 0 N–H and O–H groups in total. The van der Waals surface area contributed by atoms with Gasteiger partial charge in [0.1, 0.15) is 5.52 Å². The van der Waals surface area contributed by atoms with Crippen molar-refractivity contribution >= 4 is 23.5 Å². The second-order valence-electron chi connectivity index (χ2n) is 2.65. The summed E-state index contributed by atoms with van der Waals surface area (Å²) in [6, 6.07) is 3.25. The molecule has 1 heterocycles. The number of fused-ring (bicyclic) bond motifs is 1. The molecule has 2 rings (SSSR count). The van der Waals surface area contributed by atoms with Gasteiger partial charge in [-0.3, -0.25) is 0 Å². The molecular weight excluding hydrogens is 221 g/mol. The Hall–Kier alpha value is 0.181. The van der Waals surface area contributed by atoms with E-state index in [9.17, 15) is 12.9 Å². The van der Waals surface area contributed by atoms with Gasteiger partial charge in [0.25, 0.3) is 0 Å². The van der Waals surface area contributed by atoms with Crippen LogP contribution in [0.15, 0.2) is 29.0 Å². The Balaban J connectivity index is 0.000000980. The smallest absolute Gasteiger partial charge is 0.445 e. The number of halogens is 3. The molecule has 1 aromatic carbocycles. The fourth-order valence-corrected chi connectivity index (χ4v) is 1.08. The Morgan fingerprint density at radius 1 is 1.21 bits per heavy atom. The molecule has 0 atom stereocenters. The maximum absolute atomic E-state index is 12.2. The predicted molar refractivity (Wildman–Crippen MR) is 42.7 cm³/mol. The van der Waals surface area contributed by atoms with Crippen molar-refractivity contribution in [2.45, 2.75) is 0 Å². The Bertz CT molecular complexity index is 442. The molecule has 0 aliphatic heterocycles. The Kier molecular flexibility index (Phi) is 3.82. The third-order valence-corrected chi connectivity index (χ3v) is 1.73. The summed E-state index contributed by atoms with van der Waals surface area (Å²) < 4.78 is 41.5. The van der Waals surface area contributed by atoms with Gasteiger partial charge in [-0.2, -0.15) is 0 Å². The topological polar surface area (TPSA) is 26.0 Å². The zero-order chi connectivity index (χ0) is 9.47. The van der Waals surface area contributed by atoms with E-state index in [1.165, 1.54) is 6.07 Å². The molecule has 2 aromatic rings. The summed E-state index contributed by atoms with van der Waals surface area (Å²) in [6.07, 6.45) is 1.12. The van der Waals surface area contributed by atoms with Crippen LogP contribution in [0.4, 0.5) is 12.9 Å². The number of aromatic nitrogens is 1. The molecule has 0 amide bonds. The molecule has 0 unspecified atom stereocenters. The van der Waals surface area contributed by atoms with Crippen LogP contribution < -0.4 is 56.8 Å². The molecule has 0 aliphatic rings. The minimum absolute atomic E-state index is 0. The molecule has 14 heavy (non-hydrogen) atoms. The molecule has 0 bridgehead atoms. The van der Waals surface area contributed by atoms with E-state index in [1.807, 2.05) is 0 Å². The summed E-state index contributed by atoms with van der Waals surface area (Å²) in [5.74, 6) is 0. The average molecular weight is 225 g/mol. The summed E-state index contributed by atoms with van der Waals surface area (Å²) in [4.78, 5) is 3.64. The van der Waals surface area contributed by atoms with Crippen LogP contribution in [0.1, 0.15) is 0 Å². The number of oxazole rings is 1. The van der Waals surface area contributed by atoms with Crippen molar-refractivity contribution in [1.82, 2.24) is 4.98 Å². The first-order valence-corrected chi connectivity index (χ1v) is 3.60. The second kappa shape index (κ2) is 4.36. The van der Waals surface area contributed by atoms with Crippen molar-refractivity contribution in [2.75, 3.05) is 0 Å². The van der Waals surface area contributed by atoms with E-state index >= 15 is 0 Å². The third kappa shape index (κ3) is 2.40. The molecule has 2 nitrogen and oxygen atoms in total. The first-order valence-electron chi connectivity index (χ1n) is 3.60. The van der Waals surface area contributed by atoms with Crippen LogP contribution in [-0.4, -0.2) is 12.0 Å². The van der Waals surface area contributed by atoms with E-state index in [4.69, 9.17) is 4.42 Å². The van der Waals surface area contributed by atoms with Gasteiger partial charge in [0, 0.05) is 0 Å². The maximum Gasteiger partial charge on any atom is 1.00 e. The molecule has 0 fully saturated rings. The number of nitrogens with zero attached hydrogens (tertiary/aromatic N) is 1. The largest absolute Gasteiger partial charge is 1.00 e. The molecule has 7 heteroatoms. The molecule has 0 spiro atoms. The number of hydrogen-bond donors (Lipinski definition) is 0. The van der Waals surface area contributed by atoms with E-state index in [2.05, 4.69) is 4.98 Å². The fraction of sp³-hybridized carbons (Fsp3) is 0. The van der Waals surface area contributed by atoms with Gasteiger partial charge in [0.2, 0.25) is 0 Å². The Morgan fingerprint density at radius 3 is 2.57 bits per heavy atom. The Morgan fingerprint density at radius 2 is 1.93 bits per heavy atom. The van der Waals surface area contributed by atoms with E-state index < -0.39 is 12.4 Å². The van der Waals surface area contributed by atoms with Crippen LogP contribution in [0.2, 0.25) is 0 Å². The third-order valence-electron chi connectivity index (χ3n) is 1.73. The van der Waals surface area contributed by atoms with Crippen molar-refractivity contribution in [2.24, 2.45) is 0 Å². The minimum atomic E-state index is -4.95. The summed E-state index contributed by atoms with van der Waals surface area (Å²) in [6.45, 7) is -4.95. The molecular formula is C7H4BF3KNO. The maximum atomic E-state index is 12.2. The predicted octanol–water partition coefficient (Wildman–Crippen LogP) is -1.11. The monoisotopic (exact) mass is 225 g/mol. The van der Waals surface area contributed by atoms with Crippen molar-refractivity contribution in [3.05, 3.63) is 24.6 Å². The van der Waals surface area contributed by atoms with Crippen LogP contribution in [0.3, 0.4) is 0 Å². The first kappa shape index (κ1) is 12.3. The summed E-state index contributed by atoms with van der Waals surface area (Å²) in [7, 11) is 0. The quantitative estimate of drug-likeness (QED) is 0.575. The van der Waals surface area contributed by atoms with Crippen molar-refractivity contribution in [3.8, 4) is 0 Å². The van der Waals surface area contributed by atoms with Crippen LogP contribution in [0.25, 0.3) is 11.1 Å². The number of hydrogen-bond acceptors (Lipinski definition) is 2. The molecule has 68 valence electrons. The van der Waals surface area contributed by atoms with Gasteiger partial charge < -0.3 is 17.4 Å². The van der Waals surface area contributed by atoms with Gasteiger partial charge in [0.15, 0.2) is 12.0 Å². The van der Waals surface area contributed by atoms with E-state index in [-0.39, 0.29) is 56.9 Å². The zero-order valence-corrected chi connectivity index (χ0v) is 10.5. The standard InChI is InChI=1S/C7H4BF3NO.K/c9-8(10,11)5-1-2-7-6(3-5)12-4-13-7;/h1-4H;/q-1;+1. The van der Waals surface area contributed by atoms with Gasteiger partial charge in [0.05, 0.1) is 0 Å². The van der Waals surface area contributed by atoms with Gasteiger partial charge in [-0.1, -0.05) is 12.1 Å². The van der Waals surface area contributed by atoms with Crippen LogP contribution in [0.5, 0.6) is 0 Å². The summed E-state index contributed by atoms with van der Waals surface area (Å²) in [5, 5.41) is 0. The van der Waals surface area contributed by atoms with Gasteiger partial charge in [-0.15, -0.1) is 5.46 Å². The van der Waals surface area contributed by atoms with E-state index in [0.717, 1.165) is 18.5 Å². The molecule has 0 aliphatic carbocycles. The van der Waals surface area contributed by atoms with Crippen LogP contribution >= 0.6 is 0 Å². The van der Waals surface area contributed by atoms with Crippen molar-refractivity contribution in [3.63, 3.8) is 0 Å². The number of benzene rings is 1. The summed E-state index contributed by atoms with van der Waals surface area (Å²) >= 11 is 0. The second-order valence-corrected chi connectivity index (χ2v) is 2.65. The molecule has 1 aromatic heterocycles.